The molecule has 0 amide bonds. The summed E-state index contributed by atoms with van der Waals surface area (Å²) in [6.07, 6.45) is 4.38. The Kier molecular flexibility index (Phi) is 7.78. The van der Waals surface area contributed by atoms with Gasteiger partial charge in [0.05, 0.1) is 32.5 Å². The van der Waals surface area contributed by atoms with Gasteiger partial charge in [0.25, 0.3) is 0 Å². The smallest absolute Gasteiger partial charge is 0.335 e. The van der Waals surface area contributed by atoms with Crippen molar-refractivity contribution in [1.29, 1.82) is 0 Å². The fourth-order valence-corrected chi connectivity index (χ4v) is 2.99. The zero-order valence-corrected chi connectivity index (χ0v) is 15.9. The number of carbonyl (C=O) groups is 1. The largest absolute Gasteiger partial charge is 0.493 e. The second-order valence-corrected chi connectivity index (χ2v) is 6.33. The molecule has 1 aliphatic heterocycles. The Labute approximate surface area is 155 Å². The summed E-state index contributed by atoms with van der Waals surface area (Å²) < 4.78 is 15.8. The van der Waals surface area contributed by atoms with Gasteiger partial charge < -0.3 is 24.2 Å². The third-order valence-corrected chi connectivity index (χ3v) is 4.51. The van der Waals surface area contributed by atoms with Gasteiger partial charge in [0.1, 0.15) is 0 Å². The van der Waals surface area contributed by atoms with Crippen molar-refractivity contribution in [2.75, 3.05) is 33.9 Å². The number of hydrogen-bond donors (Lipinski definition) is 1. The molecule has 0 saturated carbocycles. The second-order valence-electron chi connectivity index (χ2n) is 6.33. The third kappa shape index (κ3) is 5.66. The molecule has 1 aromatic rings. The number of rotatable bonds is 8. The molecule has 6 nitrogen and oxygen atoms in total. The van der Waals surface area contributed by atoms with Crippen molar-refractivity contribution >= 4 is 5.97 Å². The molecule has 0 unspecified atom stereocenters. The number of methoxy groups -OCH3 is 2. The topological polar surface area (TPSA) is 68.2 Å². The molecule has 2 rings (SSSR count). The van der Waals surface area contributed by atoms with Gasteiger partial charge in [0.15, 0.2) is 11.5 Å². The maximum absolute atomic E-state index is 12.3. The molecule has 0 spiro atoms. The number of hydrogen-bond acceptors (Lipinski definition) is 6. The van der Waals surface area contributed by atoms with Crippen LogP contribution in [0.4, 0.5) is 0 Å². The number of benzene rings is 1. The first-order valence-electron chi connectivity index (χ1n) is 9.08. The van der Waals surface area contributed by atoms with E-state index in [0.717, 1.165) is 31.5 Å². The van der Waals surface area contributed by atoms with Crippen LogP contribution in [0, 0.1) is 0 Å². The molecule has 0 atom stereocenters. The molecule has 0 bridgehead atoms. The van der Waals surface area contributed by atoms with Crippen LogP contribution in [0.25, 0.3) is 0 Å². The standard InChI is InChI=1S/C20H29NO5/c1-4-26-20(23)16(14-21-11-9-17(22)10-12-21)7-5-15-6-8-18(24-2)19(13-15)25-3/h6,8,13-14,17,22H,4-5,7,9-12H2,1-3H3/b16-14+. The molecule has 1 heterocycles. The van der Waals surface area contributed by atoms with Gasteiger partial charge >= 0.3 is 5.97 Å². The maximum Gasteiger partial charge on any atom is 0.335 e. The number of likely N-dealkylation sites (tertiary alicyclic amines) is 1. The van der Waals surface area contributed by atoms with E-state index in [-0.39, 0.29) is 12.1 Å². The predicted molar refractivity (Wildman–Crippen MR) is 99.4 cm³/mol. The van der Waals surface area contributed by atoms with Gasteiger partial charge in [-0.05, 0) is 50.3 Å². The van der Waals surface area contributed by atoms with E-state index in [1.54, 1.807) is 21.1 Å². The summed E-state index contributed by atoms with van der Waals surface area (Å²) in [4.78, 5) is 14.4. The number of nitrogens with zero attached hydrogens (tertiary/aromatic N) is 1. The van der Waals surface area contributed by atoms with Gasteiger partial charge in [-0.25, -0.2) is 4.79 Å². The average Bonchev–Trinajstić information content (AvgIpc) is 2.66. The van der Waals surface area contributed by atoms with Crippen molar-refractivity contribution in [2.24, 2.45) is 0 Å². The van der Waals surface area contributed by atoms with Gasteiger partial charge in [-0.15, -0.1) is 0 Å². The first-order chi connectivity index (χ1) is 12.6. The highest BCUT2D eigenvalue weighted by atomic mass is 16.5. The second kappa shape index (κ2) is 10.1. The fraction of sp³-hybridized carbons (Fsp3) is 0.550. The monoisotopic (exact) mass is 363 g/mol. The van der Waals surface area contributed by atoms with Crippen LogP contribution in [-0.4, -0.2) is 56.0 Å². The summed E-state index contributed by atoms with van der Waals surface area (Å²) in [7, 11) is 3.21. The molecular formula is C20H29NO5. The van der Waals surface area contributed by atoms with Crippen molar-refractivity contribution in [3.8, 4) is 11.5 Å². The first kappa shape index (κ1) is 20.1. The van der Waals surface area contributed by atoms with Gasteiger partial charge in [-0.3, -0.25) is 0 Å². The predicted octanol–water partition coefficient (Wildman–Crippen LogP) is 2.54. The molecule has 26 heavy (non-hydrogen) atoms. The van der Waals surface area contributed by atoms with Crippen LogP contribution in [0.1, 0.15) is 31.7 Å². The lowest BCUT2D eigenvalue weighted by molar-refractivity contribution is -0.138. The van der Waals surface area contributed by atoms with Crippen LogP contribution in [0.3, 0.4) is 0 Å². The minimum absolute atomic E-state index is 0.238. The number of piperidine rings is 1. The number of aliphatic hydroxyl groups excluding tert-OH is 1. The number of ether oxygens (including phenoxy) is 3. The first-order valence-corrected chi connectivity index (χ1v) is 9.08. The molecule has 1 aromatic carbocycles. The van der Waals surface area contributed by atoms with Crippen LogP contribution in [-0.2, 0) is 16.0 Å². The number of aryl methyl sites for hydroxylation is 1. The molecule has 0 aromatic heterocycles. The van der Waals surface area contributed by atoms with E-state index in [2.05, 4.69) is 4.90 Å². The van der Waals surface area contributed by atoms with Crippen molar-refractivity contribution in [1.82, 2.24) is 4.90 Å². The van der Waals surface area contributed by atoms with E-state index in [1.165, 1.54) is 0 Å². The molecule has 0 radical (unpaired) electrons. The molecule has 1 aliphatic rings. The molecule has 144 valence electrons. The summed E-state index contributed by atoms with van der Waals surface area (Å²) in [6, 6.07) is 5.77. The Morgan fingerprint density at radius 2 is 1.92 bits per heavy atom. The minimum atomic E-state index is -0.279. The summed E-state index contributed by atoms with van der Waals surface area (Å²) in [5.74, 6) is 1.08. The van der Waals surface area contributed by atoms with Crippen LogP contribution in [0.2, 0.25) is 0 Å². The normalized spacial score (nSPS) is 15.7. The van der Waals surface area contributed by atoms with Crippen molar-refractivity contribution in [3.63, 3.8) is 0 Å². The Hall–Kier alpha value is -2.21. The molecule has 1 fully saturated rings. The zero-order valence-electron chi connectivity index (χ0n) is 15.9. The molecule has 0 aliphatic carbocycles. The van der Waals surface area contributed by atoms with Crippen LogP contribution in [0.5, 0.6) is 11.5 Å². The Balaban J connectivity index is 2.08. The number of esters is 1. The van der Waals surface area contributed by atoms with Crippen LogP contribution >= 0.6 is 0 Å². The lowest BCUT2D eigenvalue weighted by Crippen LogP contribution is -2.32. The number of carbonyl (C=O) groups excluding carboxylic acids is 1. The van der Waals surface area contributed by atoms with Gasteiger partial charge in [-0.2, -0.15) is 0 Å². The summed E-state index contributed by atoms with van der Waals surface area (Å²) in [6.45, 7) is 3.66. The molecular weight excluding hydrogens is 334 g/mol. The highest BCUT2D eigenvalue weighted by Crippen LogP contribution is 2.28. The quantitative estimate of drug-likeness (QED) is 0.565. The van der Waals surface area contributed by atoms with Gasteiger partial charge in [0, 0.05) is 19.3 Å². The lowest BCUT2D eigenvalue weighted by Gasteiger charge is -2.29. The number of aliphatic hydroxyl groups is 1. The zero-order chi connectivity index (χ0) is 18.9. The average molecular weight is 363 g/mol. The van der Waals surface area contributed by atoms with Crippen LogP contribution in [0.15, 0.2) is 30.0 Å². The van der Waals surface area contributed by atoms with E-state index in [0.29, 0.717) is 36.5 Å². The van der Waals surface area contributed by atoms with E-state index in [1.807, 2.05) is 24.4 Å². The Morgan fingerprint density at radius 1 is 1.23 bits per heavy atom. The lowest BCUT2D eigenvalue weighted by atomic mass is 10.0. The van der Waals surface area contributed by atoms with Crippen molar-refractivity contribution in [2.45, 2.75) is 38.7 Å². The molecule has 6 heteroatoms. The van der Waals surface area contributed by atoms with Gasteiger partial charge in [-0.1, -0.05) is 6.07 Å². The Bertz CT molecular complexity index is 621. The van der Waals surface area contributed by atoms with Crippen LogP contribution < -0.4 is 9.47 Å². The summed E-state index contributed by atoms with van der Waals surface area (Å²) >= 11 is 0. The Morgan fingerprint density at radius 3 is 2.54 bits per heavy atom. The van der Waals surface area contributed by atoms with Gasteiger partial charge in [0.2, 0.25) is 0 Å². The fourth-order valence-electron chi connectivity index (χ4n) is 2.99. The molecule has 1 saturated heterocycles. The van der Waals surface area contributed by atoms with E-state index >= 15 is 0 Å². The highest BCUT2D eigenvalue weighted by molar-refractivity contribution is 5.88. The summed E-state index contributed by atoms with van der Waals surface area (Å²) in [5.41, 5.74) is 1.71. The van der Waals surface area contributed by atoms with E-state index in [9.17, 15) is 9.90 Å². The molecule has 1 N–H and O–H groups in total. The van der Waals surface area contributed by atoms with Crippen molar-refractivity contribution in [3.05, 3.63) is 35.5 Å². The highest BCUT2D eigenvalue weighted by Gasteiger charge is 2.18. The van der Waals surface area contributed by atoms with E-state index < -0.39 is 0 Å². The minimum Gasteiger partial charge on any atom is -0.493 e. The summed E-state index contributed by atoms with van der Waals surface area (Å²) in [5, 5.41) is 9.64. The van der Waals surface area contributed by atoms with E-state index in [4.69, 9.17) is 14.2 Å². The maximum atomic E-state index is 12.3. The SMILES string of the molecule is CCOC(=O)/C(=C/N1CCC(O)CC1)CCc1ccc(OC)c(OC)c1. The third-order valence-electron chi connectivity index (χ3n) is 4.51. The van der Waals surface area contributed by atoms with Crippen molar-refractivity contribution < 1.29 is 24.1 Å².